The van der Waals surface area contributed by atoms with Gasteiger partial charge in [-0.1, -0.05) is 0 Å². The van der Waals surface area contributed by atoms with Crippen molar-refractivity contribution in [2.45, 2.75) is 64.4 Å². The highest BCUT2D eigenvalue weighted by Crippen LogP contribution is 2.26. The van der Waals surface area contributed by atoms with E-state index in [4.69, 9.17) is 18.8 Å². The van der Waals surface area contributed by atoms with Crippen molar-refractivity contribution in [2.24, 2.45) is 5.92 Å². The number of unbranched alkanes of at least 4 members (excludes halogenated alkanes) is 1. The molecule has 16 heteroatoms. The van der Waals surface area contributed by atoms with E-state index in [2.05, 4.69) is 14.8 Å². The van der Waals surface area contributed by atoms with Gasteiger partial charge in [-0.3, -0.25) is 18.9 Å². The summed E-state index contributed by atoms with van der Waals surface area (Å²) in [5, 5.41) is 35.5. The minimum absolute atomic E-state index is 0.00849. The number of aliphatic hydroxyl groups excluding tert-OH is 2. The van der Waals surface area contributed by atoms with Crippen LogP contribution in [0.4, 0.5) is 0 Å². The Kier molecular flexibility index (Phi) is 12.2. The van der Waals surface area contributed by atoms with E-state index in [0.717, 1.165) is 6.92 Å². The third-order valence-corrected chi connectivity index (χ3v) is 6.52. The molecule has 5 atom stereocenters. The zero-order chi connectivity index (χ0) is 30.9. The quantitative estimate of drug-likeness (QED) is 0.0827. The molecule has 1 aromatic heterocycles. The molecule has 0 spiro atoms. The van der Waals surface area contributed by atoms with Gasteiger partial charge in [0.2, 0.25) is 11.8 Å². The van der Waals surface area contributed by atoms with Crippen LogP contribution >= 0.6 is 0 Å². The normalized spacial score (nSPS) is 15.4. The minimum atomic E-state index is -5.17. The molecule has 2 aromatic rings. The van der Waals surface area contributed by atoms with Crippen LogP contribution in [0.25, 0.3) is 11.0 Å². The molecule has 0 aliphatic heterocycles. The first-order valence-corrected chi connectivity index (χ1v) is 13.9. The van der Waals surface area contributed by atoms with Crippen LogP contribution < -0.4 is 21.0 Å². The van der Waals surface area contributed by atoms with Gasteiger partial charge in [0.25, 0.3) is 0 Å². The van der Waals surface area contributed by atoms with Crippen molar-refractivity contribution in [1.82, 2.24) is 10.6 Å². The Balaban J connectivity index is 2.18. The van der Waals surface area contributed by atoms with E-state index in [0.29, 0.717) is 36.9 Å². The molecule has 0 saturated heterocycles. The van der Waals surface area contributed by atoms with Crippen molar-refractivity contribution in [3.63, 3.8) is 0 Å². The molecule has 228 valence electrons. The van der Waals surface area contributed by atoms with Crippen LogP contribution in [0.1, 0.15) is 39.2 Å². The predicted octanol–water partition coefficient (Wildman–Crippen LogP) is -0.234. The average Bonchev–Trinajstić information content (AvgIpc) is 2.86. The van der Waals surface area contributed by atoms with Crippen molar-refractivity contribution in [3.8, 4) is 5.75 Å². The predicted molar refractivity (Wildman–Crippen MR) is 142 cm³/mol. The Labute approximate surface area is 235 Å². The molecule has 0 saturated carbocycles. The largest absolute Gasteiger partial charge is 0.488 e. The Bertz CT molecular complexity index is 1390. The second kappa shape index (κ2) is 14.9. The molecule has 0 bridgehead atoms. The SMILES string of the molecule is CC(=O)NCCCCNC(=O)Cc1cc(=O)oc2cc(OC(C)C(OS(=O)(=O)O)C(O)C(O)C(C)C(=O)O)ccc12. The molecule has 1 aromatic carbocycles. The minimum Gasteiger partial charge on any atom is -0.488 e. The van der Waals surface area contributed by atoms with E-state index >= 15 is 0 Å². The fourth-order valence-corrected chi connectivity index (χ4v) is 4.43. The molecule has 0 fully saturated rings. The van der Waals surface area contributed by atoms with Crippen LogP contribution in [0.2, 0.25) is 0 Å². The number of benzene rings is 1. The van der Waals surface area contributed by atoms with Crippen LogP contribution in [0.3, 0.4) is 0 Å². The van der Waals surface area contributed by atoms with E-state index < -0.39 is 52.3 Å². The van der Waals surface area contributed by atoms with Crippen molar-refractivity contribution in [2.75, 3.05) is 13.1 Å². The van der Waals surface area contributed by atoms with Gasteiger partial charge >= 0.3 is 22.0 Å². The maximum absolute atomic E-state index is 12.4. The van der Waals surface area contributed by atoms with Gasteiger partial charge in [-0.05, 0) is 44.4 Å². The van der Waals surface area contributed by atoms with Crippen molar-refractivity contribution in [1.29, 1.82) is 0 Å². The lowest BCUT2D eigenvalue weighted by atomic mass is 9.94. The van der Waals surface area contributed by atoms with Crippen molar-refractivity contribution < 1.29 is 56.0 Å². The third kappa shape index (κ3) is 10.7. The maximum atomic E-state index is 12.4. The second-order valence-electron chi connectivity index (χ2n) is 9.39. The molecule has 5 unspecified atom stereocenters. The molecule has 0 radical (unpaired) electrons. The zero-order valence-corrected chi connectivity index (χ0v) is 23.4. The summed E-state index contributed by atoms with van der Waals surface area (Å²) in [4.78, 5) is 46.6. The lowest BCUT2D eigenvalue weighted by molar-refractivity contribution is -0.152. The Hall–Kier alpha value is -3.57. The Morgan fingerprint density at radius 1 is 1.02 bits per heavy atom. The van der Waals surface area contributed by atoms with Gasteiger partial charge in [-0.15, -0.1) is 0 Å². The summed E-state index contributed by atoms with van der Waals surface area (Å²) in [6, 6.07) is 5.31. The van der Waals surface area contributed by atoms with E-state index in [9.17, 15) is 37.8 Å². The van der Waals surface area contributed by atoms with Crippen LogP contribution in [-0.2, 0) is 35.4 Å². The number of aliphatic hydroxyl groups is 2. The number of fused-ring (bicyclic) bond motifs is 1. The Morgan fingerprint density at radius 2 is 1.66 bits per heavy atom. The van der Waals surface area contributed by atoms with E-state index in [1.807, 2.05) is 0 Å². The molecule has 15 nitrogen and oxygen atoms in total. The lowest BCUT2D eigenvalue weighted by Gasteiger charge is -2.31. The second-order valence-corrected chi connectivity index (χ2v) is 10.4. The van der Waals surface area contributed by atoms with Crippen LogP contribution in [0.5, 0.6) is 5.75 Å². The third-order valence-electron chi connectivity index (χ3n) is 6.06. The standard InChI is InChI=1S/C25H34N2O13S/c1-13(25(33)34)22(31)23(32)24(40-41(35,36)37)14(2)38-17-6-7-18-16(11-21(30)39-19(18)12-17)10-20(29)27-9-5-4-8-26-15(3)28/h6-7,11-14,22-24,31-32H,4-5,8-10H2,1-3H3,(H,26,28)(H,27,29)(H,33,34)(H,35,36,37). The van der Waals surface area contributed by atoms with Gasteiger partial charge in [0.1, 0.15) is 29.6 Å². The number of rotatable bonds is 16. The number of nitrogens with one attached hydrogen (secondary N) is 2. The highest BCUT2D eigenvalue weighted by molar-refractivity contribution is 7.80. The van der Waals surface area contributed by atoms with Crippen LogP contribution in [0, 0.1) is 5.92 Å². The van der Waals surface area contributed by atoms with Crippen LogP contribution in [0.15, 0.2) is 33.5 Å². The van der Waals surface area contributed by atoms with E-state index in [1.165, 1.54) is 38.1 Å². The highest BCUT2D eigenvalue weighted by Gasteiger charge is 2.40. The molecule has 6 N–H and O–H groups in total. The molecule has 41 heavy (non-hydrogen) atoms. The topological polar surface area (TPSA) is 239 Å². The Morgan fingerprint density at radius 3 is 2.24 bits per heavy atom. The summed E-state index contributed by atoms with van der Waals surface area (Å²) in [5.74, 6) is -3.50. The van der Waals surface area contributed by atoms with Gasteiger partial charge in [-0.2, -0.15) is 8.42 Å². The molecule has 0 aliphatic rings. The number of carboxylic acid groups (broad SMARTS) is 1. The van der Waals surface area contributed by atoms with Crippen molar-refractivity contribution in [3.05, 3.63) is 40.2 Å². The smallest absolute Gasteiger partial charge is 0.397 e. The molecule has 0 aliphatic carbocycles. The van der Waals surface area contributed by atoms with Gasteiger partial charge in [0.15, 0.2) is 0 Å². The summed E-state index contributed by atoms with van der Waals surface area (Å²) in [6.45, 7) is 4.57. The number of aliphatic carboxylic acids is 1. The molecular weight excluding hydrogens is 568 g/mol. The summed E-state index contributed by atoms with van der Waals surface area (Å²) in [5.41, 5.74) is -0.373. The molecular formula is C25H34N2O13S. The number of carboxylic acids is 1. The first kappa shape index (κ1) is 33.6. The summed E-state index contributed by atoms with van der Waals surface area (Å²) in [7, 11) is -5.17. The first-order chi connectivity index (χ1) is 19.1. The molecule has 2 rings (SSSR count). The number of amides is 2. The summed E-state index contributed by atoms with van der Waals surface area (Å²) >= 11 is 0. The van der Waals surface area contributed by atoms with Gasteiger partial charge in [0, 0.05) is 37.5 Å². The monoisotopic (exact) mass is 602 g/mol. The highest BCUT2D eigenvalue weighted by atomic mass is 32.3. The number of hydrogen-bond acceptors (Lipinski definition) is 11. The number of carbonyl (C=O) groups excluding carboxylic acids is 2. The van der Waals surface area contributed by atoms with E-state index in [1.54, 1.807) is 0 Å². The summed E-state index contributed by atoms with van der Waals surface area (Å²) in [6.07, 6.45) is -6.29. The van der Waals surface area contributed by atoms with Gasteiger partial charge in [-0.25, -0.2) is 8.98 Å². The first-order valence-electron chi connectivity index (χ1n) is 12.6. The summed E-state index contributed by atoms with van der Waals surface area (Å²) < 4.78 is 47.2. The van der Waals surface area contributed by atoms with Crippen molar-refractivity contribution >= 4 is 39.2 Å². The average molecular weight is 603 g/mol. The van der Waals surface area contributed by atoms with E-state index in [-0.39, 0.29) is 29.6 Å². The lowest BCUT2D eigenvalue weighted by Crippen LogP contribution is -2.51. The molecule has 2 amide bonds. The van der Waals surface area contributed by atoms with Gasteiger partial charge in [0.05, 0.1) is 18.4 Å². The zero-order valence-electron chi connectivity index (χ0n) is 22.6. The fraction of sp³-hybridized carbons (Fsp3) is 0.520. The number of carbonyl (C=O) groups is 3. The maximum Gasteiger partial charge on any atom is 0.397 e. The fourth-order valence-electron chi connectivity index (χ4n) is 3.88. The molecule has 1 heterocycles. The number of hydrogen-bond donors (Lipinski definition) is 6. The number of ether oxygens (including phenoxy) is 1. The van der Waals surface area contributed by atoms with Gasteiger partial charge < -0.3 is 35.1 Å². The van der Waals surface area contributed by atoms with Crippen LogP contribution in [-0.4, -0.2) is 83.6 Å².